The summed E-state index contributed by atoms with van der Waals surface area (Å²) >= 11 is 6.36. The zero-order valence-corrected chi connectivity index (χ0v) is 16.2. The number of methoxy groups -OCH3 is 2. The molecule has 0 spiro atoms. The summed E-state index contributed by atoms with van der Waals surface area (Å²) < 4.78 is 10.6. The number of hydrazine groups is 1. The maximum atomic E-state index is 12.7. The van der Waals surface area contributed by atoms with Gasteiger partial charge in [-0.3, -0.25) is 15.0 Å². The third-order valence-electron chi connectivity index (χ3n) is 3.78. The van der Waals surface area contributed by atoms with E-state index in [0.29, 0.717) is 22.0 Å². The van der Waals surface area contributed by atoms with Gasteiger partial charge < -0.3 is 9.47 Å². The number of hydrogen-bond donors (Lipinski definition) is 1. The summed E-state index contributed by atoms with van der Waals surface area (Å²) in [5.41, 5.74) is 3.69. The molecule has 0 saturated carbocycles. The molecule has 1 aliphatic rings. The largest absolute Gasteiger partial charge is 0.497 e. The lowest BCUT2D eigenvalue weighted by Gasteiger charge is -2.15. The SMILES string of the molecule is COc1ccc(C(=O)NN2C(=O)/C(=C/c3ccccc3OC)SC2=S)cc1. The lowest BCUT2D eigenvalue weighted by molar-refractivity contribution is -0.123. The molecule has 8 heteroatoms. The monoisotopic (exact) mass is 400 g/mol. The van der Waals surface area contributed by atoms with E-state index in [1.807, 2.05) is 18.2 Å². The molecule has 1 heterocycles. The molecule has 0 unspecified atom stereocenters. The number of rotatable bonds is 5. The Morgan fingerprint density at radius 1 is 1.11 bits per heavy atom. The van der Waals surface area contributed by atoms with Gasteiger partial charge in [-0.05, 0) is 48.6 Å². The van der Waals surface area contributed by atoms with Crippen LogP contribution in [0.5, 0.6) is 11.5 Å². The maximum Gasteiger partial charge on any atom is 0.285 e. The zero-order chi connectivity index (χ0) is 19.4. The van der Waals surface area contributed by atoms with Gasteiger partial charge in [0.15, 0.2) is 4.32 Å². The molecule has 138 valence electrons. The Morgan fingerprint density at radius 2 is 1.81 bits per heavy atom. The van der Waals surface area contributed by atoms with E-state index < -0.39 is 11.8 Å². The van der Waals surface area contributed by atoms with Crippen molar-refractivity contribution in [3.63, 3.8) is 0 Å². The molecule has 1 aliphatic heterocycles. The normalized spacial score (nSPS) is 15.2. The van der Waals surface area contributed by atoms with E-state index in [1.54, 1.807) is 50.6 Å². The second kappa shape index (κ2) is 8.24. The Hall–Kier alpha value is -2.84. The molecule has 2 aromatic carbocycles. The number of thiocarbonyl (C=S) groups is 1. The van der Waals surface area contributed by atoms with E-state index in [2.05, 4.69) is 5.43 Å². The molecule has 1 N–H and O–H groups in total. The summed E-state index contributed by atoms with van der Waals surface area (Å²) in [7, 11) is 3.11. The molecule has 0 aliphatic carbocycles. The molecule has 0 radical (unpaired) electrons. The number of ether oxygens (including phenoxy) is 2. The summed E-state index contributed by atoms with van der Waals surface area (Å²) in [6, 6.07) is 13.9. The van der Waals surface area contributed by atoms with Crippen molar-refractivity contribution in [1.82, 2.24) is 10.4 Å². The lowest BCUT2D eigenvalue weighted by atomic mass is 10.2. The third kappa shape index (κ3) is 4.12. The van der Waals surface area contributed by atoms with E-state index in [-0.39, 0.29) is 4.32 Å². The highest BCUT2D eigenvalue weighted by atomic mass is 32.2. The summed E-state index contributed by atoms with van der Waals surface area (Å²) in [6.45, 7) is 0. The third-order valence-corrected chi connectivity index (χ3v) is 5.09. The fourth-order valence-electron chi connectivity index (χ4n) is 2.40. The predicted molar refractivity (Wildman–Crippen MR) is 108 cm³/mol. The van der Waals surface area contributed by atoms with Gasteiger partial charge >= 0.3 is 0 Å². The zero-order valence-electron chi connectivity index (χ0n) is 14.6. The first kappa shape index (κ1) is 18.9. The van der Waals surface area contributed by atoms with Crippen LogP contribution in [0.3, 0.4) is 0 Å². The molecular weight excluding hydrogens is 384 g/mol. The first-order valence-electron chi connectivity index (χ1n) is 7.89. The van der Waals surface area contributed by atoms with Crippen molar-refractivity contribution < 1.29 is 19.1 Å². The van der Waals surface area contributed by atoms with Crippen LogP contribution in [0.1, 0.15) is 15.9 Å². The van der Waals surface area contributed by atoms with Crippen LogP contribution in [0.25, 0.3) is 6.08 Å². The molecule has 1 saturated heterocycles. The van der Waals surface area contributed by atoms with Gasteiger partial charge in [-0.2, -0.15) is 5.01 Å². The van der Waals surface area contributed by atoms with Crippen LogP contribution in [0.2, 0.25) is 0 Å². The van der Waals surface area contributed by atoms with Gasteiger partial charge in [-0.25, -0.2) is 0 Å². The van der Waals surface area contributed by atoms with Gasteiger partial charge in [0.05, 0.1) is 19.1 Å². The predicted octanol–water partition coefficient (Wildman–Crippen LogP) is 3.25. The van der Waals surface area contributed by atoms with Crippen molar-refractivity contribution in [1.29, 1.82) is 0 Å². The molecule has 2 amide bonds. The Kier molecular flexibility index (Phi) is 5.78. The van der Waals surface area contributed by atoms with E-state index in [4.69, 9.17) is 21.7 Å². The number of carbonyl (C=O) groups is 2. The summed E-state index contributed by atoms with van der Waals surface area (Å²) in [5, 5.41) is 1.08. The first-order valence-corrected chi connectivity index (χ1v) is 9.12. The molecule has 0 atom stereocenters. The highest BCUT2D eigenvalue weighted by molar-refractivity contribution is 8.26. The van der Waals surface area contributed by atoms with Crippen LogP contribution in [0.15, 0.2) is 53.4 Å². The van der Waals surface area contributed by atoms with Crippen LogP contribution < -0.4 is 14.9 Å². The van der Waals surface area contributed by atoms with Gasteiger partial charge in [0.2, 0.25) is 0 Å². The van der Waals surface area contributed by atoms with E-state index in [1.165, 1.54) is 0 Å². The highest BCUT2D eigenvalue weighted by Crippen LogP contribution is 2.33. The van der Waals surface area contributed by atoms with Crippen LogP contribution in [0.4, 0.5) is 0 Å². The van der Waals surface area contributed by atoms with Crippen molar-refractivity contribution in [3.8, 4) is 11.5 Å². The minimum atomic E-state index is -0.438. The molecule has 0 aromatic heterocycles. The second-order valence-corrected chi connectivity index (χ2v) is 7.10. The number of nitrogens with zero attached hydrogens (tertiary/aromatic N) is 1. The van der Waals surface area contributed by atoms with Crippen molar-refractivity contribution >= 4 is 46.2 Å². The Balaban J connectivity index is 1.77. The van der Waals surface area contributed by atoms with Crippen molar-refractivity contribution in [2.45, 2.75) is 0 Å². The first-order chi connectivity index (χ1) is 13.0. The Labute approximate surface area is 166 Å². The van der Waals surface area contributed by atoms with Crippen molar-refractivity contribution in [2.75, 3.05) is 14.2 Å². The van der Waals surface area contributed by atoms with Crippen molar-refractivity contribution in [3.05, 3.63) is 64.6 Å². The number of carbonyl (C=O) groups excluding carboxylic acids is 2. The van der Waals surface area contributed by atoms with E-state index in [0.717, 1.165) is 22.3 Å². The molecule has 1 fully saturated rings. The lowest BCUT2D eigenvalue weighted by Crippen LogP contribution is -2.44. The summed E-state index contributed by atoms with van der Waals surface area (Å²) in [4.78, 5) is 25.5. The number of thioether (sulfide) groups is 1. The smallest absolute Gasteiger partial charge is 0.285 e. The number of amides is 2. The van der Waals surface area contributed by atoms with Gasteiger partial charge in [-0.1, -0.05) is 30.0 Å². The van der Waals surface area contributed by atoms with Crippen LogP contribution in [0, 0.1) is 0 Å². The summed E-state index contributed by atoms with van der Waals surface area (Å²) in [5.74, 6) is 0.451. The van der Waals surface area contributed by atoms with Gasteiger partial charge in [0, 0.05) is 11.1 Å². The standard InChI is InChI=1S/C19H16N2O4S2/c1-24-14-9-7-12(8-10-14)17(22)20-21-18(23)16(27-19(21)26)11-13-5-3-4-6-15(13)25-2/h3-11H,1-2H3,(H,20,22)/b16-11-. The highest BCUT2D eigenvalue weighted by Gasteiger charge is 2.34. The van der Waals surface area contributed by atoms with Crippen LogP contribution in [-0.4, -0.2) is 35.4 Å². The quantitative estimate of drug-likeness (QED) is 0.614. The minimum Gasteiger partial charge on any atom is -0.497 e. The molecule has 3 rings (SSSR count). The van der Waals surface area contributed by atoms with Crippen molar-refractivity contribution in [2.24, 2.45) is 0 Å². The number of para-hydroxylation sites is 1. The Morgan fingerprint density at radius 3 is 2.48 bits per heavy atom. The van der Waals surface area contributed by atoms with Gasteiger partial charge in [-0.15, -0.1) is 0 Å². The molecular formula is C19H16N2O4S2. The Bertz CT molecular complexity index is 926. The average molecular weight is 400 g/mol. The maximum absolute atomic E-state index is 12.7. The minimum absolute atomic E-state index is 0.253. The fourth-order valence-corrected chi connectivity index (χ4v) is 3.57. The van der Waals surface area contributed by atoms with Gasteiger partial charge in [0.25, 0.3) is 11.8 Å². The van der Waals surface area contributed by atoms with E-state index in [9.17, 15) is 9.59 Å². The van der Waals surface area contributed by atoms with Gasteiger partial charge in [0.1, 0.15) is 11.5 Å². The number of nitrogens with one attached hydrogen (secondary N) is 1. The second-order valence-electron chi connectivity index (χ2n) is 5.43. The molecule has 6 nitrogen and oxygen atoms in total. The molecule has 2 aromatic rings. The fraction of sp³-hybridized carbons (Fsp3) is 0.105. The topological polar surface area (TPSA) is 67.9 Å². The number of benzene rings is 2. The molecule has 27 heavy (non-hydrogen) atoms. The van der Waals surface area contributed by atoms with Crippen LogP contribution >= 0.6 is 24.0 Å². The number of hydrogen-bond acceptors (Lipinski definition) is 6. The summed E-state index contributed by atoms with van der Waals surface area (Å²) in [6.07, 6.45) is 1.69. The average Bonchev–Trinajstić information content (AvgIpc) is 2.95. The van der Waals surface area contributed by atoms with Crippen LogP contribution in [-0.2, 0) is 4.79 Å². The molecule has 0 bridgehead atoms. The van der Waals surface area contributed by atoms with E-state index >= 15 is 0 Å².